The molecule has 1 aliphatic heterocycles. The van der Waals surface area contributed by atoms with Crippen LogP contribution in [0.4, 0.5) is 6.01 Å². The Morgan fingerprint density at radius 2 is 2.19 bits per heavy atom. The molecule has 0 saturated heterocycles. The zero-order valence-corrected chi connectivity index (χ0v) is 12.0. The van der Waals surface area contributed by atoms with Crippen molar-refractivity contribution in [1.29, 1.82) is 0 Å². The molecule has 106 valence electrons. The summed E-state index contributed by atoms with van der Waals surface area (Å²) in [7, 11) is 0. The van der Waals surface area contributed by atoms with E-state index in [1.807, 2.05) is 23.6 Å². The van der Waals surface area contributed by atoms with Gasteiger partial charge in [-0.15, -0.1) is 5.10 Å². The molecule has 3 heterocycles. The fourth-order valence-corrected chi connectivity index (χ4v) is 3.00. The molecule has 0 aliphatic carbocycles. The third-order valence-corrected chi connectivity index (χ3v) is 4.12. The molecule has 3 aromatic rings. The van der Waals surface area contributed by atoms with Gasteiger partial charge in [0.15, 0.2) is 6.10 Å². The standard InChI is InChI=1S/C15H13N3O2S/c1-2-4-12-11(3-1)7-13(19-12)14-17-18-15(20-14)16-8-10-5-6-21-9-10/h1-6,9,13H,7-8H2,(H,16,18). The molecule has 1 N–H and O–H groups in total. The zero-order valence-electron chi connectivity index (χ0n) is 11.2. The van der Waals surface area contributed by atoms with E-state index >= 15 is 0 Å². The monoisotopic (exact) mass is 299 g/mol. The summed E-state index contributed by atoms with van der Waals surface area (Å²) >= 11 is 1.67. The van der Waals surface area contributed by atoms with Crippen molar-refractivity contribution in [1.82, 2.24) is 10.2 Å². The Morgan fingerprint density at radius 3 is 3.05 bits per heavy atom. The highest BCUT2D eigenvalue weighted by Crippen LogP contribution is 2.36. The van der Waals surface area contributed by atoms with Gasteiger partial charge in [0.1, 0.15) is 5.75 Å². The molecule has 0 fully saturated rings. The fourth-order valence-electron chi connectivity index (χ4n) is 2.33. The van der Waals surface area contributed by atoms with Gasteiger partial charge in [0, 0.05) is 13.0 Å². The predicted octanol–water partition coefficient (Wildman–Crippen LogP) is 3.42. The molecular formula is C15H13N3O2S. The second-order valence-electron chi connectivity index (χ2n) is 4.85. The lowest BCUT2D eigenvalue weighted by Gasteiger charge is -2.04. The number of thiophene rings is 1. The molecule has 21 heavy (non-hydrogen) atoms. The summed E-state index contributed by atoms with van der Waals surface area (Å²) in [6.07, 6.45) is 0.578. The summed E-state index contributed by atoms with van der Waals surface area (Å²) in [5, 5.41) is 15.3. The number of para-hydroxylation sites is 1. The highest BCUT2D eigenvalue weighted by molar-refractivity contribution is 7.07. The van der Waals surface area contributed by atoms with E-state index in [-0.39, 0.29) is 6.10 Å². The van der Waals surface area contributed by atoms with E-state index in [0.29, 0.717) is 18.5 Å². The Labute approximate surface area is 125 Å². The Morgan fingerprint density at radius 1 is 1.24 bits per heavy atom. The van der Waals surface area contributed by atoms with Gasteiger partial charge >= 0.3 is 6.01 Å². The lowest BCUT2D eigenvalue weighted by molar-refractivity contribution is 0.199. The predicted molar refractivity (Wildman–Crippen MR) is 79.5 cm³/mol. The van der Waals surface area contributed by atoms with Gasteiger partial charge in [-0.2, -0.15) is 11.3 Å². The minimum atomic E-state index is -0.188. The number of hydrogen-bond donors (Lipinski definition) is 1. The molecule has 0 radical (unpaired) electrons. The molecule has 5 nitrogen and oxygen atoms in total. The smallest absolute Gasteiger partial charge is 0.315 e. The molecule has 1 aromatic carbocycles. The maximum atomic E-state index is 5.83. The summed E-state index contributed by atoms with van der Waals surface area (Å²) < 4.78 is 11.5. The van der Waals surface area contributed by atoms with Crippen LogP contribution >= 0.6 is 11.3 Å². The molecule has 4 rings (SSSR count). The van der Waals surface area contributed by atoms with Crippen LogP contribution in [0.3, 0.4) is 0 Å². The topological polar surface area (TPSA) is 60.2 Å². The third kappa shape index (κ3) is 2.50. The third-order valence-electron chi connectivity index (χ3n) is 3.39. The van der Waals surface area contributed by atoms with Crippen LogP contribution in [0.25, 0.3) is 0 Å². The number of aromatic nitrogens is 2. The first-order chi connectivity index (χ1) is 10.4. The Kier molecular flexibility index (Phi) is 3.08. The number of benzene rings is 1. The Hall–Kier alpha value is -2.34. The molecule has 1 atom stereocenters. The lowest BCUT2D eigenvalue weighted by Crippen LogP contribution is -2.03. The molecule has 0 saturated carbocycles. The molecule has 2 aromatic heterocycles. The maximum Gasteiger partial charge on any atom is 0.315 e. The van der Waals surface area contributed by atoms with E-state index in [1.165, 1.54) is 11.1 Å². The minimum Gasteiger partial charge on any atom is -0.480 e. The van der Waals surface area contributed by atoms with Gasteiger partial charge in [0.2, 0.25) is 0 Å². The molecule has 1 unspecified atom stereocenters. The number of rotatable bonds is 4. The first-order valence-electron chi connectivity index (χ1n) is 6.71. The molecule has 0 amide bonds. The highest BCUT2D eigenvalue weighted by atomic mass is 32.1. The van der Waals surface area contributed by atoms with Gasteiger partial charge in [-0.05, 0) is 34.0 Å². The van der Waals surface area contributed by atoms with Crippen molar-refractivity contribution in [2.45, 2.75) is 19.1 Å². The van der Waals surface area contributed by atoms with Crippen LogP contribution in [0.5, 0.6) is 5.75 Å². The second-order valence-corrected chi connectivity index (χ2v) is 5.63. The van der Waals surface area contributed by atoms with Crippen molar-refractivity contribution in [2.75, 3.05) is 5.32 Å². The number of anilines is 1. The van der Waals surface area contributed by atoms with Crippen molar-refractivity contribution in [3.8, 4) is 5.75 Å². The average Bonchev–Trinajstić information content (AvgIpc) is 3.24. The Bertz CT molecular complexity index is 714. The summed E-state index contributed by atoms with van der Waals surface area (Å²) in [6, 6.07) is 10.5. The van der Waals surface area contributed by atoms with Crippen molar-refractivity contribution in [3.63, 3.8) is 0 Å². The average molecular weight is 299 g/mol. The normalized spacial score (nSPS) is 16.5. The second kappa shape index (κ2) is 5.21. The van der Waals surface area contributed by atoms with Gasteiger partial charge in [-0.25, -0.2) is 0 Å². The van der Waals surface area contributed by atoms with Crippen LogP contribution in [0, 0.1) is 0 Å². The maximum absolute atomic E-state index is 5.83. The van der Waals surface area contributed by atoms with E-state index in [9.17, 15) is 0 Å². The number of fused-ring (bicyclic) bond motifs is 1. The van der Waals surface area contributed by atoms with Crippen molar-refractivity contribution in [2.24, 2.45) is 0 Å². The lowest BCUT2D eigenvalue weighted by atomic mass is 10.1. The van der Waals surface area contributed by atoms with Crippen LogP contribution in [0.1, 0.15) is 23.1 Å². The van der Waals surface area contributed by atoms with Gasteiger partial charge in [-0.1, -0.05) is 23.3 Å². The largest absolute Gasteiger partial charge is 0.480 e. The van der Waals surface area contributed by atoms with Crippen LogP contribution < -0.4 is 10.1 Å². The summed E-state index contributed by atoms with van der Waals surface area (Å²) in [5.74, 6) is 1.41. The van der Waals surface area contributed by atoms with Crippen molar-refractivity contribution >= 4 is 17.4 Å². The van der Waals surface area contributed by atoms with E-state index in [4.69, 9.17) is 9.15 Å². The van der Waals surface area contributed by atoms with Gasteiger partial charge in [-0.3, -0.25) is 0 Å². The number of nitrogens with one attached hydrogen (secondary N) is 1. The van der Waals surface area contributed by atoms with Crippen LogP contribution in [0.15, 0.2) is 45.5 Å². The van der Waals surface area contributed by atoms with Gasteiger partial charge in [0.25, 0.3) is 5.89 Å². The zero-order chi connectivity index (χ0) is 14.1. The number of hydrogen-bond acceptors (Lipinski definition) is 6. The minimum absolute atomic E-state index is 0.188. The number of nitrogens with zero attached hydrogens (tertiary/aromatic N) is 2. The SMILES string of the molecule is c1ccc2c(c1)CC(c1nnc(NCc3ccsc3)o1)O2. The van der Waals surface area contributed by atoms with E-state index in [0.717, 1.165) is 12.2 Å². The summed E-state index contributed by atoms with van der Waals surface area (Å²) in [4.78, 5) is 0. The summed E-state index contributed by atoms with van der Waals surface area (Å²) in [6.45, 7) is 0.677. The van der Waals surface area contributed by atoms with E-state index in [2.05, 4.69) is 33.0 Å². The number of ether oxygens (including phenoxy) is 1. The highest BCUT2D eigenvalue weighted by Gasteiger charge is 2.28. The molecular weight excluding hydrogens is 286 g/mol. The van der Waals surface area contributed by atoms with Crippen LogP contribution in [-0.2, 0) is 13.0 Å². The van der Waals surface area contributed by atoms with Crippen LogP contribution in [-0.4, -0.2) is 10.2 Å². The fraction of sp³-hybridized carbons (Fsp3) is 0.200. The van der Waals surface area contributed by atoms with E-state index < -0.39 is 0 Å². The summed E-state index contributed by atoms with van der Waals surface area (Å²) in [5.41, 5.74) is 2.37. The van der Waals surface area contributed by atoms with Crippen molar-refractivity contribution < 1.29 is 9.15 Å². The molecule has 0 spiro atoms. The first kappa shape index (κ1) is 12.4. The molecule has 6 heteroatoms. The molecule has 1 aliphatic rings. The van der Waals surface area contributed by atoms with Gasteiger partial charge in [0.05, 0.1) is 0 Å². The van der Waals surface area contributed by atoms with Gasteiger partial charge < -0.3 is 14.5 Å². The first-order valence-corrected chi connectivity index (χ1v) is 7.66. The quantitative estimate of drug-likeness (QED) is 0.800. The van der Waals surface area contributed by atoms with E-state index in [1.54, 1.807) is 11.3 Å². The van der Waals surface area contributed by atoms with Crippen LogP contribution in [0.2, 0.25) is 0 Å². The van der Waals surface area contributed by atoms with Crippen molar-refractivity contribution in [3.05, 3.63) is 58.1 Å². The molecule has 0 bridgehead atoms. The Balaban J connectivity index is 1.44.